The lowest BCUT2D eigenvalue weighted by atomic mass is 10.2. The van der Waals surface area contributed by atoms with Gasteiger partial charge in [-0.3, -0.25) is 4.79 Å². The van der Waals surface area contributed by atoms with E-state index in [1.54, 1.807) is 0 Å². The van der Waals surface area contributed by atoms with Crippen molar-refractivity contribution in [2.45, 2.75) is 19.3 Å². The molecule has 14 heavy (non-hydrogen) atoms. The number of hydrogen-bond acceptors (Lipinski definition) is 3. The molecule has 0 spiro atoms. The highest BCUT2D eigenvalue weighted by atomic mass is 79.9. The number of primary amides is 1. The van der Waals surface area contributed by atoms with Crippen molar-refractivity contribution < 1.29 is 14.3 Å². The summed E-state index contributed by atoms with van der Waals surface area (Å²) < 4.78 is 4.43. The molecule has 5 nitrogen and oxygen atoms in total. The minimum atomic E-state index is -0.821. The van der Waals surface area contributed by atoms with E-state index in [2.05, 4.69) is 26.0 Å². The van der Waals surface area contributed by atoms with Crippen LogP contribution in [-0.4, -0.2) is 30.5 Å². The molecular formula is C8H15BrN2O3. The Morgan fingerprint density at radius 3 is 2.64 bits per heavy atom. The van der Waals surface area contributed by atoms with Crippen LogP contribution in [0.4, 0.5) is 4.79 Å². The first kappa shape index (κ1) is 13.2. The van der Waals surface area contributed by atoms with Crippen LogP contribution in [0, 0.1) is 0 Å². The summed E-state index contributed by atoms with van der Waals surface area (Å²) in [5.41, 5.74) is 4.73. The average Bonchev–Trinajstić information content (AvgIpc) is 2.13. The monoisotopic (exact) mass is 266 g/mol. The summed E-state index contributed by atoms with van der Waals surface area (Å²) in [6.45, 7) is 0.440. The van der Waals surface area contributed by atoms with Crippen LogP contribution in [0.2, 0.25) is 0 Å². The van der Waals surface area contributed by atoms with E-state index in [0.29, 0.717) is 13.0 Å². The summed E-state index contributed by atoms with van der Waals surface area (Å²) >= 11 is 3.28. The summed E-state index contributed by atoms with van der Waals surface area (Å²) in [7, 11) is 0. The second-order valence-electron chi connectivity index (χ2n) is 2.66. The maximum Gasteiger partial charge on any atom is 0.404 e. The molecule has 0 fully saturated rings. The first-order valence-electron chi connectivity index (χ1n) is 4.41. The zero-order valence-electron chi connectivity index (χ0n) is 7.92. The molecule has 0 aromatic carbocycles. The van der Waals surface area contributed by atoms with Gasteiger partial charge >= 0.3 is 6.09 Å². The van der Waals surface area contributed by atoms with Crippen molar-refractivity contribution in [1.29, 1.82) is 0 Å². The maximum atomic E-state index is 11.1. The van der Waals surface area contributed by atoms with Crippen molar-refractivity contribution in [2.24, 2.45) is 5.73 Å². The fourth-order valence-corrected chi connectivity index (χ4v) is 1.21. The van der Waals surface area contributed by atoms with Crippen LogP contribution in [0.3, 0.4) is 0 Å². The fraction of sp³-hybridized carbons (Fsp3) is 0.750. The van der Waals surface area contributed by atoms with Crippen LogP contribution >= 0.6 is 15.9 Å². The van der Waals surface area contributed by atoms with Gasteiger partial charge in [-0.15, -0.1) is 0 Å². The van der Waals surface area contributed by atoms with Crippen LogP contribution < -0.4 is 11.1 Å². The number of ether oxygens (including phenoxy) is 1. The van der Waals surface area contributed by atoms with Gasteiger partial charge in [0.2, 0.25) is 5.91 Å². The third kappa shape index (κ3) is 9.31. The molecule has 2 amide bonds. The van der Waals surface area contributed by atoms with E-state index in [0.717, 1.165) is 18.2 Å². The number of carbonyl (C=O) groups is 2. The van der Waals surface area contributed by atoms with E-state index in [1.165, 1.54) is 0 Å². The molecule has 0 radical (unpaired) electrons. The quantitative estimate of drug-likeness (QED) is 0.528. The summed E-state index contributed by atoms with van der Waals surface area (Å²) in [6, 6.07) is 0. The lowest BCUT2D eigenvalue weighted by Gasteiger charge is -2.04. The first-order valence-corrected chi connectivity index (χ1v) is 5.54. The molecule has 0 aromatic heterocycles. The molecule has 0 aliphatic rings. The topological polar surface area (TPSA) is 81.4 Å². The van der Waals surface area contributed by atoms with Gasteiger partial charge in [-0.2, -0.15) is 0 Å². The molecule has 0 atom stereocenters. The number of nitrogens with one attached hydrogen (secondary N) is 1. The van der Waals surface area contributed by atoms with E-state index in [4.69, 9.17) is 5.73 Å². The molecule has 0 heterocycles. The number of halogens is 1. The highest BCUT2D eigenvalue weighted by Gasteiger charge is 2.00. The first-order chi connectivity index (χ1) is 6.66. The number of carbonyl (C=O) groups excluding carboxylic acids is 2. The Labute approximate surface area is 91.5 Å². The van der Waals surface area contributed by atoms with Gasteiger partial charge < -0.3 is 15.8 Å². The van der Waals surface area contributed by atoms with Crippen LogP contribution in [0.15, 0.2) is 0 Å². The Morgan fingerprint density at radius 2 is 2.07 bits per heavy atom. The molecule has 0 aromatic rings. The van der Waals surface area contributed by atoms with Crippen molar-refractivity contribution >= 4 is 27.9 Å². The largest absolute Gasteiger partial charge is 0.448 e. The Hall–Kier alpha value is -0.780. The summed E-state index contributed by atoms with van der Waals surface area (Å²) in [4.78, 5) is 21.2. The summed E-state index contributed by atoms with van der Waals surface area (Å²) in [5.74, 6) is -0.0287. The third-order valence-electron chi connectivity index (χ3n) is 1.46. The highest BCUT2D eigenvalue weighted by molar-refractivity contribution is 9.09. The Morgan fingerprint density at radius 1 is 1.36 bits per heavy atom. The van der Waals surface area contributed by atoms with E-state index < -0.39 is 6.09 Å². The molecular weight excluding hydrogens is 252 g/mol. The molecule has 6 heteroatoms. The van der Waals surface area contributed by atoms with Crippen LogP contribution in [0.25, 0.3) is 0 Å². The van der Waals surface area contributed by atoms with Crippen LogP contribution in [0.5, 0.6) is 0 Å². The van der Waals surface area contributed by atoms with Gasteiger partial charge in [-0.05, 0) is 12.8 Å². The highest BCUT2D eigenvalue weighted by Crippen LogP contribution is 1.97. The lowest BCUT2D eigenvalue weighted by Crippen LogP contribution is -2.28. The number of unbranched alkanes of at least 4 members (excludes halogenated alkanes) is 1. The van der Waals surface area contributed by atoms with Gasteiger partial charge in [0.15, 0.2) is 0 Å². The van der Waals surface area contributed by atoms with Gasteiger partial charge in [0.05, 0.1) is 6.54 Å². The average molecular weight is 267 g/mol. The normalized spacial score (nSPS) is 9.50. The smallest absolute Gasteiger partial charge is 0.404 e. The minimum Gasteiger partial charge on any atom is -0.448 e. The number of amides is 2. The second kappa shape index (κ2) is 8.80. The number of rotatable bonds is 7. The third-order valence-corrected chi connectivity index (χ3v) is 2.02. The van der Waals surface area contributed by atoms with Crippen LogP contribution in [-0.2, 0) is 9.53 Å². The number of alkyl halides is 1. The minimum absolute atomic E-state index is 0.0287. The Balaban J connectivity index is 3.22. The Kier molecular flexibility index (Phi) is 8.31. The van der Waals surface area contributed by atoms with Gasteiger partial charge in [0.25, 0.3) is 0 Å². The summed E-state index contributed by atoms with van der Waals surface area (Å²) in [5, 5.41) is 3.52. The van der Waals surface area contributed by atoms with Gasteiger partial charge in [-0.25, -0.2) is 4.79 Å². The molecule has 0 bridgehead atoms. The van der Waals surface area contributed by atoms with Crippen LogP contribution in [0.1, 0.15) is 19.3 Å². The van der Waals surface area contributed by atoms with E-state index >= 15 is 0 Å². The van der Waals surface area contributed by atoms with E-state index in [1.807, 2.05) is 0 Å². The molecule has 0 saturated carbocycles. The van der Waals surface area contributed by atoms with Gasteiger partial charge in [0.1, 0.15) is 6.61 Å². The second-order valence-corrected chi connectivity index (χ2v) is 3.46. The maximum absolute atomic E-state index is 11.1. The SMILES string of the molecule is NC(=O)OCCNC(=O)CCCCBr. The van der Waals surface area contributed by atoms with E-state index in [9.17, 15) is 9.59 Å². The Bertz CT molecular complexity index is 187. The molecule has 0 aliphatic carbocycles. The standard InChI is InChI=1S/C8H15BrN2O3/c9-4-2-1-3-7(12)11-5-6-14-8(10)13/h1-6H2,(H2,10,13)(H,11,12). The number of hydrogen-bond donors (Lipinski definition) is 2. The predicted molar refractivity (Wildman–Crippen MR) is 56.2 cm³/mol. The van der Waals surface area contributed by atoms with Gasteiger partial charge in [0, 0.05) is 11.8 Å². The summed E-state index contributed by atoms with van der Waals surface area (Å²) in [6.07, 6.45) is 1.51. The molecule has 0 unspecified atom stereocenters. The zero-order valence-corrected chi connectivity index (χ0v) is 9.51. The van der Waals surface area contributed by atoms with Crippen molar-refractivity contribution in [3.8, 4) is 0 Å². The zero-order chi connectivity index (χ0) is 10.8. The predicted octanol–water partition coefficient (Wildman–Crippen LogP) is 0.763. The molecule has 0 aliphatic heterocycles. The van der Waals surface area contributed by atoms with E-state index in [-0.39, 0.29) is 12.5 Å². The van der Waals surface area contributed by atoms with Crippen molar-refractivity contribution in [3.05, 3.63) is 0 Å². The molecule has 82 valence electrons. The van der Waals surface area contributed by atoms with Crippen molar-refractivity contribution in [3.63, 3.8) is 0 Å². The molecule has 3 N–H and O–H groups in total. The van der Waals surface area contributed by atoms with Crippen molar-refractivity contribution in [2.75, 3.05) is 18.5 Å². The van der Waals surface area contributed by atoms with Crippen molar-refractivity contribution in [1.82, 2.24) is 5.32 Å². The number of nitrogens with two attached hydrogens (primary N) is 1. The van der Waals surface area contributed by atoms with Gasteiger partial charge in [-0.1, -0.05) is 15.9 Å². The molecule has 0 saturated heterocycles. The molecule has 0 rings (SSSR count). The lowest BCUT2D eigenvalue weighted by molar-refractivity contribution is -0.121. The fourth-order valence-electron chi connectivity index (χ4n) is 0.811.